The Morgan fingerprint density at radius 1 is 1.29 bits per heavy atom. The zero-order valence-corrected chi connectivity index (χ0v) is 11.5. The van der Waals surface area contributed by atoms with Crippen molar-refractivity contribution in [2.75, 3.05) is 0 Å². The average Bonchev–Trinajstić information content (AvgIpc) is 2.65. The summed E-state index contributed by atoms with van der Waals surface area (Å²) in [7, 11) is 0. The van der Waals surface area contributed by atoms with Crippen molar-refractivity contribution in [1.29, 1.82) is 0 Å². The molecule has 94 valence electrons. The van der Waals surface area contributed by atoms with Gasteiger partial charge in [-0.1, -0.05) is 25.4 Å². The van der Waals surface area contributed by atoms with Crippen LogP contribution in [-0.4, -0.2) is 24.6 Å². The smallest absolute Gasteiger partial charge is 0.323 e. The van der Waals surface area contributed by atoms with E-state index in [1.54, 1.807) is 5.47 Å². The first-order valence-electron chi connectivity index (χ1n) is 7.02. The van der Waals surface area contributed by atoms with Crippen molar-refractivity contribution in [2.45, 2.75) is 71.0 Å². The lowest BCUT2D eigenvalue weighted by atomic mass is 9.52. The quantitative estimate of drug-likeness (QED) is 0.703. The summed E-state index contributed by atoms with van der Waals surface area (Å²) >= 11 is 0. The van der Waals surface area contributed by atoms with E-state index in [4.69, 9.17) is 4.65 Å². The van der Waals surface area contributed by atoms with E-state index in [1.165, 1.54) is 25.6 Å². The van der Waals surface area contributed by atoms with Crippen LogP contribution < -0.4 is 5.32 Å². The average molecular weight is 233 g/mol. The molecule has 0 radical (unpaired) electrons. The van der Waals surface area contributed by atoms with Gasteiger partial charge in [0, 0.05) is 12.1 Å². The Labute approximate surface area is 105 Å². The van der Waals surface area contributed by atoms with Gasteiger partial charge in [0.15, 0.2) is 0 Å². The van der Waals surface area contributed by atoms with Gasteiger partial charge in [0.25, 0.3) is 0 Å². The van der Waals surface area contributed by atoms with E-state index in [1.807, 2.05) is 0 Å². The predicted octanol–water partition coefficient (Wildman–Crippen LogP) is 2.80. The van der Waals surface area contributed by atoms with Gasteiger partial charge in [-0.3, -0.25) is 0 Å². The van der Waals surface area contributed by atoms with Crippen molar-refractivity contribution >= 4 is 6.92 Å². The Hall–Kier alpha value is -0.275. The lowest BCUT2D eigenvalue weighted by Gasteiger charge is -2.34. The Kier molecular flexibility index (Phi) is 2.51. The van der Waals surface area contributed by atoms with E-state index in [9.17, 15) is 0 Å². The molecule has 0 spiro atoms. The lowest BCUT2D eigenvalue weighted by molar-refractivity contribution is 0.0369. The van der Waals surface area contributed by atoms with Crippen LogP contribution in [0.3, 0.4) is 0 Å². The van der Waals surface area contributed by atoms with Gasteiger partial charge in [-0.2, -0.15) is 0 Å². The molecule has 3 heteroatoms. The van der Waals surface area contributed by atoms with Crippen LogP contribution in [0.1, 0.15) is 47.0 Å². The molecule has 0 aromatic heterocycles. The topological polar surface area (TPSA) is 21.3 Å². The summed E-state index contributed by atoms with van der Waals surface area (Å²) in [6.45, 7) is 9.52. The summed E-state index contributed by atoms with van der Waals surface area (Å²) in [6, 6.07) is 1.34. The fourth-order valence-corrected chi connectivity index (χ4v) is 3.47. The third-order valence-electron chi connectivity index (χ3n) is 5.35. The normalized spacial score (nSPS) is 38.4. The predicted molar refractivity (Wildman–Crippen MR) is 72.2 cm³/mol. The van der Waals surface area contributed by atoms with Gasteiger partial charge in [-0.25, -0.2) is 0 Å². The first-order valence-corrected chi connectivity index (χ1v) is 7.02. The lowest BCUT2D eigenvalue weighted by Crippen LogP contribution is -2.37. The minimum atomic E-state index is 0.00241. The minimum Gasteiger partial charge on any atom is -0.426 e. The third-order valence-corrected chi connectivity index (χ3v) is 5.35. The molecule has 2 atom stereocenters. The second kappa shape index (κ2) is 3.61. The number of hydrogen-bond acceptors (Lipinski definition) is 2. The highest BCUT2D eigenvalue weighted by Crippen LogP contribution is 2.48. The monoisotopic (exact) mass is 233 g/mol. The van der Waals surface area contributed by atoms with Gasteiger partial charge in [-0.15, -0.1) is 0 Å². The second-order valence-electron chi connectivity index (χ2n) is 7.20. The van der Waals surface area contributed by atoms with Crippen LogP contribution in [0.5, 0.6) is 0 Å². The van der Waals surface area contributed by atoms with Gasteiger partial charge in [-0.05, 0) is 44.8 Å². The molecule has 0 aromatic carbocycles. The largest absolute Gasteiger partial charge is 0.426 e. The van der Waals surface area contributed by atoms with E-state index in [0.717, 1.165) is 6.04 Å². The third kappa shape index (κ3) is 1.88. The first-order chi connectivity index (χ1) is 7.87. The number of nitrogens with one attached hydrogen (secondary N) is 1. The molecule has 2 nitrogen and oxygen atoms in total. The summed E-state index contributed by atoms with van der Waals surface area (Å²) in [4.78, 5) is 0. The molecule has 3 aliphatic heterocycles. The van der Waals surface area contributed by atoms with E-state index in [2.05, 4.69) is 39.1 Å². The molecule has 0 amide bonds. The number of hydrogen-bond donors (Lipinski definition) is 1. The Morgan fingerprint density at radius 2 is 2.06 bits per heavy atom. The highest BCUT2D eigenvalue weighted by molar-refractivity contribution is 6.61. The molecule has 0 saturated carbocycles. The van der Waals surface area contributed by atoms with Crippen LogP contribution in [0.2, 0.25) is 6.32 Å². The zero-order valence-electron chi connectivity index (χ0n) is 11.5. The van der Waals surface area contributed by atoms with Crippen LogP contribution in [0.25, 0.3) is 0 Å². The molecule has 2 unspecified atom stereocenters. The fraction of sp³-hybridized carbons (Fsp3) is 0.857. The molecule has 0 aliphatic carbocycles. The van der Waals surface area contributed by atoms with Crippen molar-refractivity contribution in [2.24, 2.45) is 5.41 Å². The van der Waals surface area contributed by atoms with Crippen molar-refractivity contribution in [1.82, 2.24) is 5.32 Å². The maximum atomic E-state index is 6.33. The molecule has 2 fully saturated rings. The molecule has 2 saturated heterocycles. The highest BCUT2D eigenvalue weighted by atomic mass is 16.5. The Morgan fingerprint density at radius 3 is 2.65 bits per heavy atom. The fourth-order valence-electron chi connectivity index (χ4n) is 3.47. The summed E-state index contributed by atoms with van der Waals surface area (Å²) in [5, 5.41) is 3.65. The maximum Gasteiger partial charge on any atom is 0.323 e. The molecule has 0 aromatic rings. The maximum absolute atomic E-state index is 6.33. The molecule has 17 heavy (non-hydrogen) atoms. The minimum absolute atomic E-state index is 0.00241. The van der Waals surface area contributed by atoms with Gasteiger partial charge in [0.1, 0.15) is 0 Å². The molecule has 3 aliphatic rings. The van der Waals surface area contributed by atoms with Gasteiger partial charge >= 0.3 is 6.92 Å². The van der Waals surface area contributed by atoms with Crippen molar-refractivity contribution in [3.63, 3.8) is 0 Å². The summed E-state index contributed by atoms with van der Waals surface area (Å²) in [5.41, 5.74) is 1.85. The van der Waals surface area contributed by atoms with E-state index >= 15 is 0 Å². The van der Waals surface area contributed by atoms with Crippen molar-refractivity contribution in [3.8, 4) is 0 Å². The standard InChI is InChI=1S/C14H24BNO/c1-13(2)9-15(17-14(13,3)4)10-7-11-5-6-12(8-10)16-11/h7,11-12,16H,5-6,8-9H2,1-4H3. The van der Waals surface area contributed by atoms with Crippen LogP contribution in [0.4, 0.5) is 0 Å². The molecule has 1 N–H and O–H groups in total. The number of rotatable bonds is 1. The highest BCUT2D eigenvalue weighted by Gasteiger charge is 2.51. The Balaban J connectivity index is 1.79. The zero-order chi connectivity index (χ0) is 12.3. The van der Waals surface area contributed by atoms with Crippen molar-refractivity contribution in [3.05, 3.63) is 11.5 Å². The summed E-state index contributed by atoms with van der Waals surface area (Å²) < 4.78 is 6.33. The van der Waals surface area contributed by atoms with E-state index < -0.39 is 0 Å². The van der Waals surface area contributed by atoms with E-state index in [-0.39, 0.29) is 11.0 Å². The van der Waals surface area contributed by atoms with Crippen molar-refractivity contribution < 1.29 is 4.65 Å². The molecular weight excluding hydrogens is 209 g/mol. The molecule has 3 rings (SSSR count). The van der Waals surface area contributed by atoms with Crippen LogP contribution in [-0.2, 0) is 4.65 Å². The van der Waals surface area contributed by atoms with Crippen LogP contribution >= 0.6 is 0 Å². The van der Waals surface area contributed by atoms with Gasteiger partial charge in [0.2, 0.25) is 0 Å². The van der Waals surface area contributed by atoms with Gasteiger partial charge < -0.3 is 9.97 Å². The Bertz CT molecular complexity index is 345. The SMILES string of the molecule is CC1(C)CB(C2=CC3CCC(C2)N3)OC1(C)C. The molecule has 3 heterocycles. The summed E-state index contributed by atoms with van der Waals surface area (Å²) in [5.74, 6) is 0. The number of fused-ring (bicyclic) bond motifs is 2. The molecular formula is C14H24BNO. The molecule has 2 bridgehead atoms. The van der Waals surface area contributed by atoms with Crippen LogP contribution in [0.15, 0.2) is 11.5 Å². The first kappa shape index (κ1) is 11.8. The van der Waals surface area contributed by atoms with Gasteiger partial charge in [0.05, 0.1) is 5.60 Å². The second-order valence-corrected chi connectivity index (χ2v) is 7.20. The summed E-state index contributed by atoms with van der Waals surface area (Å²) in [6.07, 6.45) is 7.47. The van der Waals surface area contributed by atoms with E-state index in [0.29, 0.717) is 13.0 Å². The van der Waals surface area contributed by atoms with Crippen LogP contribution in [0, 0.1) is 5.41 Å².